The van der Waals surface area contributed by atoms with E-state index in [0.717, 1.165) is 16.6 Å². The first-order valence-corrected chi connectivity index (χ1v) is 12.0. The number of nitrogen functional groups attached to an aromatic ring is 1. The highest BCUT2D eigenvalue weighted by atomic mass is 32.2. The van der Waals surface area contributed by atoms with Crippen molar-refractivity contribution in [1.29, 1.82) is 5.41 Å². The van der Waals surface area contributed by atoms with E-state index in [9.17, 15) is 13.5 Å². The molecule has 7 N–H and O–H groups in total. The van der Waals surface area contributed by atoms with Crippen LogP contribution in [0.25, 0.3) is 22.0 Å². The largest absolute Gasteiger partial charge is 0.384 e. The number of aromatic amines is 1. The van der Waals surface area contributed by atoms with Crippen LogP contribution in [0.3, 0.4) is 0 Å². The first-order valence-electron chi connectivity index (χ1n) is 10.4. The molecule has 1 aromatic heterocycles. The number of rotatable bonds is 5. The molecule has 9 nitrogen and oxygen atoms in total. The molecule has 0 amide bonds. The van der Waals surface area contributed by atoms with E-state index in [0.29, 0.717) is 34.6 Å². The van der Waals surface area contributed by atoms with Crippen LogP contribution < -0.4 is 15.8 Å². The standard InChI is InChI=1S/C24H22N6O3S/c25-24(26)16-6-5-15-9-17(29-19(15)11-16)13-30-21-8-7-14(10-20(21)28-12-23(30)31)18-3-1-2-4-22(18)34(27,32)33/h1-12,23,29,31H,13H2,(H3,25,26)(H2,27,32,33). The van der Waals surface area contributed by atoms with Crippen molar-refractivity contribution in [2.75, 3.05) is 4.90 Å². The molecule has 1 unspecified atom stereocenters. The van der Waals surface area contributed by atoms with Gasteiger partial charge in [0.1, 0.15) is 5.84 Å². The van der Waals surface area contributed by atoms with Gasteiger partial charge in [-0.3, -0.25) is 10.4 Å². The number of hydrogen-bond acceptors (Lipinski definition) is 6. The predicted molar refractivity (Wildman–Crippen MR) is 133 cm³/mol. The van der Waals surface area contributed by atoms with Crippen LogP contribution in [0.2, 0.25) is 0 Å². The highest BCUT2D eigenvalue weighted by molar-refractivity contribution is 7.89. The van der Waals surface area contributed by atoms with Crippen molar-refractivity contribution in [3.05, 3.63) is 78.0 Å². The van der Waals surface area contributed by atoms with Gasteiger partial charge in [0.15, 0.2) is 6.23 Å². The quantitative estimate of drug-likeness (QED) is 0.222. The highest BCUT2D eigenvalue weighted by Gasteiger charge is 2.24. The lowest BCUT2D eigenvalue weighted by molar-refractivity contribution is 0.236. The normalized spacial score (nSPS) is 15.5. The van der Waals surface area contributed by atoms with E-state index < -0.39 is 16.3 Å². The summed E-state index contributed by atoms with van der Waals surface area (Å²) in [5, 5.41) is 24.6. The zero-order chi connectivity index (χ0) is 24.0. The van der Waals surface area contributed by atoms with Crippen molar-refractivity contribution in [2.45, 2.75) is 17.7 Å². The lowest BCUT2D eigenvalue weighted by Crippen LogP contribution is -2.37. The number of aliphatic hydroxyl groups is 1. The van der Waals surface area contributed by atoms with Crippen molar-refractivity contribution < 1.29 is 13.5 Å². The van der Waals surface area contributed by atoms with Crippen LogP contribution in [0, 0.1) is 5.41 Å². The van der Waals surface area contributed by atoms with Crippen LogP contribution in [-0.2, 0) is 16.6 Å². The first-order chi connectivity index (χ1) is 16.2. The number of primary sulfonamides is 1. The summed E-state index contributed by atoms with van der Waals surface area (Å²) in [5.74, 6) is -0.00513. The molecule has 4 aromatic rings. The number of amidine groups is 1. The fourth-order valence-electron chi connectivity index (χ4n) is 4.16. The van der Waals surface area contributed by atoms with Crippen molar-refractivity contribution in [1.82, 2.24) is 4.98 Å². The van der Waals surface area contributed by atoms with E-state index in [4.69, 9.17) is 16.3 Å². The Morgan fingerprint density at radius 1 is 1.12 bits per heavy atom. The maximum absolute atomic E-state index is 12.0. The van der Waals surface area contributed by atoms with Crippen LogP contribution in [0.1, 0.15) is 11.3 Å². The van der Waals surface area contributed by atoms with Crippen molar-refractivity contribution in [3.63, 3.8) is 0 Å². The molecule has 0 spiro atoms. The van der Waals surface area contributed by atoms with Crippen molar-refractivity contribution >= 4 is 44.4 Å². The van der Waals surface area contributed by atoms with Gasteiger partial charge in [-0.2, -0.15) is 0 Å². The predicted octanol–water partition coefficient (Wildman–Crippen LogP) is 2.81. The monoisotopic (exact) mass is 474 g/mol. The molecule has 1 aliphatic heterocycles. The molecule has 3 aromatic carbocycles. The van der Waals surface area contributed by atoms with E-state index in [1.54, 1.807) is 47.4 Å². The second-order valence-corrected chi connectivity index (χ2v) is 9.60. The summed E-state index contributed by atoms with van der Waals surface area (Å²) < 4.78 is 24.1. The number of nitrogens with one attached hydrogen (secondary N) is 2. The Labute approximate surface area is 195 Å². The van der Waals surface area contributed by atoms with Gasteiger partial charge in [-0.15, -0.1) is 0 Å². The summed E-state index contributed by atoms with van der Waals surface area (Å²) >= 11 is 0. The third kappa shape index (κ3) is 3.94. The first kappa shape index (κ1) is 21.8. The van der Waals surface area contributed by atoms with Gasteiger partial charge in [-0.05, 0) is 41.3 Å². The lowest BCUT2D eigenvalue weighted by atomic mass is 10.0. The number of hydrogen-bond donors (Lipinski definition) is 5. The van der Waals surface area contributed by atoms with Gasteiger partial charge in [0.2, 0.25) is 10.0 Å². The molecule has 5 rings (SSSR count). The van der Waals surface area contributed by atoms with Gasteiger partial charge in [0.25, 0.3) is 0 Å². The third-order valence-electron chi connectivity index (χ3n) is 5.79. The minimum absolute atomic E-state index is 0.00513. The van der Waals surface area contributed by atoms with E-state index in [-0.39, 0.29) is 10.7 Å². The number of benzene rings is 3. The topological polar surface area (TPSA) is 162 Å². The smallest absolute Gasteiger partial charge is 0.238 e. The Hall–Kier alpha value is -3.99. The number of sulfonamides is 1. The minimum atomic E-state index is -3.90. The zero-order valence-corrected chi connectivity index (χ0v) is 18.8. The fraction of sp³-hybridized carbons (Fsp3) is 0.0833. The molecule has 0 bridgehead atoms. The summed E-state index contributed by atoms with van der Waals surface area (Å²) in [4.78, 5) is 9.52. The molecular weight excluding hydrogens is 452 g/mol. The summed E-state index contributed by atoms with van der Waals surface area (Å²) in [6.07, 6.45) is 0.503. The minimum Gasteiger partial charge on any atom is -0.384 e. The van der Waals surface area contributed by atoms with E-state index in [1.807, 2.05) is 18.2 Å². The second-order valence-electron chi connectivity index (χ2n) is 8.07. The van der Waals surface area contributed by atoms with Gasteiger partial charge in [-0.1, -0.05) is 36.4 Å². The SMILES string of the molecule is N=C(N)c1ccc2cc(CN3c4ccc(-c5ccccc5S(N)(=O)=O)cc4N=CC3O)[nH]c2c1. The van der Waals surface area contributed by atoms with Crippen molar-refractivity contribution in [2.24, 2.45) is 15.9 Å². The van der Waals surface area contributed by atoms with E-state index in [1.165, 1.54) is 12.3 Å². The number of H-pyrrole nitrogens is 1. The Balaban J connectivity index is 1.50. The van der Waals surface area contributed by atoms with E-state index >= 15 is 0 Å². The van der Waals surface area contributed by atoms with Crippen LogP contribution >= 0.6 is 0 Å². The van der Waals surface area contributed by atoms with E-state index in [2.05, 4.69) is 9.98 Å². The molecule has 0 saturated carbocycles. The van der Waals surface area contributed by atoms with Gasteiger partial charge < -0.3 is 20.7 Å². The third-order valence-corrected chi connectivity index (χ3v) is 6.75. The second kappa shape index (κ2) is 8.10. The van der Waals surface area contributed by atoms with Gasteiger partial charge >= 0.3 is 0 Å². The average molecular weight is 475 g/mol. The maximum Gasteiger partial charge on any atom is 0.238 e. The van der Waals surface area contributed by atoms with Crippen molar-refractivity contribution in [3.8, 4) is 11.1 Å². The number of nitrogens with two attached hydrogens (primary N) is 2. The van der Waals surface area contributed by atoms with Crippen LogP contribution in [0.4, 0.5) is 11.4 Å². The lowest BCUT2D eigenvalue weighted by Gasteiger charge is -2.31. The van der Waals surface area contributed by atoms with Crippen LogP contribution in [-0.4, -0.2) is 36.8 Å². The summed E-state index contributed by atoms with van der Waals surface area (Å²) in [7, 11) is -3.90. The Bertz CT molecular complexity index is 1570. The number of aliphatic hydroxyl groups excluding tert-OH is 1. The summed E-state index contributed by atoms with van der Waals surface area (Å²) in [5.41, 5.74) is 10.4. The molecule has 0 aliphatic carbocycles. The molecule has 10 heteroatoms. The molecular formula is C24H22N6O3S. The molecule has 172 valence electrons. The number of anilines is 1. The number of aromatic nitrogens is 1. The number of fused-ring (bicyclic) bond motifs is 2. The van der Waals surface area contributed by atoms with Crippen LogP contribution in [0.5, 0.6) is 0 Å². The Morgan fingerprint density at radius 3 is 2.68 bits per heavy atom. The average Bonchev–Trinajstić information content (AvgIpc) is 3.22. The highest BCUT2D eigenvalue weighted by Crippen LogP contribution is 2.38. The Kier molecular flexibility index (Phi) is 5.20. The molecule has 0 fully saturated rings. The molecule has 0 saturated heterocycles. The number of aliphatic imine (C=N–C) groups is 1. The molecule has 2 heterocycles. The molecule has 1 atom stereocenters. The van der Waals surface area contributed by atoms with Gasteiger partial charge in [0.05, 0.1) is 29.0 Å². The van der Waals surface area contributed by atoms with Gasteiger partial charge in [0, 0.05) is 22.3 Å². The van der Waals surface area contributed by atoms with Crippen LogP contribution in [0.15, 0.2) is 76.6 Å². The van der Waals surface area contributed by atoms with Gasteiger partial charge in [-0.25, -0.2) is 13.6 Å². The summed E-state index contributed by atoms with van der Waals surface area (Å²) in [6, 6.07) is 19.4. The zero-order valence-electron chi connectivity index (χ0n) is 17.9. The Morgan fingerprint density at radius 2 is 1.91 bits per heavy atom. The maximum atomic E-state index is 12.0. The number of nitrogens with zero attached hydrogens (tertiary/aromatic N) is 2. The molecule has 34 heavy (non-hydrogen) atoms. The fourth-order valence-corrected chi connectivity index (χ4v) is 4.92. The molecule has 1 aliphatic rings. The molecule has 0 radical (unpaired) electrons. The summed E-state index contributed by atoms with van der Waals surface area (Å²) in [6.45, 7) is 0.372.